The molecule has 0 radical (unpaired) electrons. The van der Waals surface area contributed by atoms with E-state index in [0.29, 0.717) is 18.4 Å². The minimum absolute atomic E-state index is 0.0435. The van der Waals surface area contributed by atoms with E-state index in [1.165, 1.54) is 5.57 Å². The Labute approximate surface area is 203 Å². The molecule has 3 N–H and O–H groups in total. The molecule has 0 saturated carbocycles. The van der Waals surface area contributed by atoms with E-state index in [2.05, 4.69) is 19.6 Å². The number of phenolic OH excluding ortho intramolecular Hbond substituents is 1. The van der Waals surface area contributed by atoms with Crippen LogP contribution in [0, 0.1) is 5.92 Å². The van der Waals surface area contributed by atoms with Crippen LogP contribution in [0.4, 0.5) is 0 Å². The van der Waals surface area contributed by atoms with Gasteiger partial charge < -0.3 is 19.6 Å². The van der Waals surface area contributed by atoms with Crippen LogP contribution in [-0.2, 0) is 20.3 Å². The van der Waals surface area contributed by atoms with Gasteiger partial charge in [-0.2, -0.15) is 0 Å². The number of esters is 1. The highest BCUT2D eigenvalue weighted by atomic mass is 31.2. The van der Waals surface area contributed by atoms with E-state index in [-0.39, 0.29) is 29.8 Å². The molecule has 7 nitrogen and oxygen atoms in total. The van der Waals surface area contributed by atoms with Gasteiger partial charge in [-0.3, -0.25) is 4.52 Å². The summed E-state index contributed by atoms with van der Waals surface area (Å²) in [6.45, 7) is 12.0. The molecule has 0 amide bonds. The van der Waals surface area contributed by atoms with Crippen LogP contribution in [0.5, 0.6) is 11.5 Å². The van der Waals surface area contributed by atoms with Crippen molar-refractivity contribution in [2.24, 2.45) is 5.92 Å². The summed E-state index contributed by atoms with van der Waals surface area (Å²) >= 11 is 0. The first kappa shape index (κ1) is 28.3. The molecule has 2 rings (SSSR count). The molecule has 0 bridgehead atoms. The molecule has 3 atom stereocenters. The van der Waals surface area contributed by atoms with Gasteiger partial charge in [-0.25, -0.2) is 9.36 Å². The highest BCUT2D eigenvalue weighted by molar-refractivity contribution is 7.46. The molecule has 1 aromatic carbocycles. The van der Waals surface area contributed by atoms with E-state index in [9.17, 15) is 24.3 Å². The van der Waals surface area contributed by atoms with Crippen LogP contribution in [0.2, 0.25) is 0 Å². The number of phosphoric ester groups is 1. The number of benzene rings is 1. The smallest absolute Gasteiger partial charge is 0.470 e. The van der Waals surface area contributed by atoms with Gasteiger partial charge in [0.05, 0.1) is 0 Å². The fraction of sp³-hybridized carbons (Fsp3) is 0.577. The molecule has 8 heteroatoms. The number of aromatic hydroxyl groups is 1. The molecule has 1 aliphatic carbocycles. The fourth-order valence-electron chi connectivity index (χ4n) is 4.53. The quantitative estimate of drug-likeness (QED) is 0.102. The van der Waals surface area contributed by atoms with Crippen LogP contribution in [-0.4, -0.2) is 27.0 Å². The van der Waals surface area contributed by atoms with Crippen molar-refractivity contribution in [3.05, 3.63) is 47.1 Å². The average Bonchev–Trinajstić information content (AvgIpc) is 2.72. The Balaban J connectivity index is 2.53. The van der Waals surface area contributed by atoms with Gasteiger partial charge in [0.1, 0.15) is 11.5 Å². The number of carbonyl (C=O) groups is 1. The summed E-state index contributed by atoms with van der Waals surface area (Å²) < 4.78 is 21.8. The lowest BCUT2D eigenvalue weighted by atomic mass is 9.73. The summed E-state index contributed by atoms with van der Waals surface area (Å²) in [7, 11) is -4.89. The minimum atomic E-state index is -4.89. The molecule has 0 fully saturated rings. The normalized spacial score (nSPS) is 19.4. The molecule has 34 heavy (non-hydrogen) atoms. The number of ether oxygens (including phenoxy) is 1. The monoisotopic (exact) mass is 494 g/mol. The molecular weight excluding hydrogens is 455 g/mol. The third-order valence-electron chi connectivity index (χ3n) is 6.25. The standard InChI is InChI=1S/C26H39O7P/c1-6-8-9-11-19-15-22(27)25(21-14-18(5)12-13-20(21)17(3)4)24(16-19)32-26(28)23(10-7-2)33-34(29,30)31/h14-16,20-21,23,27H,3,6-13H2,1-2,4-5H3,(H2,29,30,31)/t20-,21+,23?/m0/s1. The van der Waals surface area contributed by atoms with Crippen molar-refractivity contribution in [2.45, 2.75) is 91.1 Å². The number of hydrogen-bond donors (Lipinski definition) is 3. The number of phenols is 1. The van der Waals surface area contributed by atoms with Gasteiger partial charge in [-0.15, -0.1) is 0 Å². The van der Waals surface area contributed by atoms with Crippen molar-refractivity contribution in [3.63, 3.8) is 0 Å². The SMILES string of the molecule is C=C(C)[C@@H]1CCC(C)=C[C@H]1c1c(O)cc(CCCCC)cc1OC(=O)C(CCC)OP(=O)(O)O. The number of allylic oxidation sites excluding steroid dienone is 3. The van der Waals surface area contributed by atoms with Crippen LogP contribution in [0.25, 0.3) is 0 Å². The molecular formula is C26H39O7P. The summed E-state index contributed by atoms with van der Waals surface area (Å²) in [5, 5.41) is 11.1. The maximum Gasteiger partial charge on any atom is 0.470 e. The fourth-order valence-corrected chi connectivity index (χ4v) is 5.06. The number of carbonyl (C=O) groups excluding carboxylic acids is 1. The summed E-state index contributed by atoms with van der Waals surface area (Å²) in [4.78, 5) is 31.5. The van der Waals surface area contributed by atoms with Gasteiger partial charge in [0.15, 0.2) is 6.10 Å². The maximum absolute atomic E-state index is 13.0. The average molecular weight is 495 g/mol. The van der Waals surface area contributed by atoms with Crippen molar-refractivity contribution in [1.82, 2.24) is 0 Å². The second kappa shape index (κ2) is 12.7. The molecule has 190 valence electrons. The maximum atomic E-state index is 13.0. The number of aryl methyl sites for hydroxylation is 1. The van der Waals surface area contributed by atoms with Gasteiger partial charge >= 0.3 is 13.8 Å². The van der Waals surface area contributed by atoms with Crippen molar-refractivity contribution in [1.29, 1.82) is 0 Å². The number of phosphoric acid groups is 1. The molecule has 0 saturated heterocycles. The second-order valence-electron chi connectivity index (χ2n) is 9.31. The van der Waals surface area contributed by atoms with Crippen LogP contribution in [0.1, 0.15) is 89.7 Å². The molecule has 1 aliphatic rings. The zero-order valence-electron chi connectivity index (χ0n) is 20.7. The van der Waals surface area contributed by atoms with Crippen molar-refractivity contribution in [2.75, 3.05) is 0 Å². The molecule has 1 aromatic rings. The Morgan fingerprint density at radius 3 is 2.53 bits per heavy atom. The van der Waals surface area contributed by atoms with E-state index in [1.807, 2.05) is 13.8 Å². The second-order valence-corrected chi connectivity index (χ2v) is 10.5. The van der Waals surface area contributed by atoms with Crippen LogP contribution >= 0.6 is 7.82 Å². The first-order valence-electron chi connectivity index (χ1n) is 12.1. The first-order chi connectivity index (χ1) is 16.0. The molecule has 0 aromatic heterocycles. The van der Waals surface area contributed by atoms with Crippen LogP contribution in [0.3, 0.4) is 0 Å². The van der Waals surface area contributed by atoms with Crippen LogP contribution in [0.15, 0.2) is 35.9 Å². The van der Waals surface area contributed by atoms with E-state index >= 15 is 0 Å². The van der Waals surface area contributed by atoms with E-state index in [1.54, 1.807) is 19.1 Å². The third-order valence-corrected chi connectivity index (χ3v) is 6.78. The Hall–Kier alpha value is -1.92. The molecule has 0 heterocycles. The topological polar surface area (TPSA) is 113 Å². The first-order valence-corrected chi connectivity index (χ1v) is 13.6. The lowest BCUT2D eigenvalue weighted by Gasteiger charge is -2.32. The summed E-state index contributed by atoms with van der Waals surface area (Å²) in [6.07, 6.45) is 6.76. The van der Waals surface area contributed by atoms with Crippen molar-refractivity contribution in [3.8, 4) is 11.5 Å². The predicted octanol–water partition coefficient (Wildman–Crippen LogP) is 6.32. The van der Waals surface area contributed by atoms with Gasteiger partial charge in [0.2, 0.25) is 0 Å². The Morgan fingerprint density at radius 2 is 1.94 bits per heavy atom. The van der Waals surface area contributed by atoms with Gasteiger partial charge in [-0.05, 0) is 69.6 Å². The Kier molecular flexibility index (Phi) is 10.6. The highest BCUT2D eigenvalue weighted by Crippen LogP contribution is 2.47. The van der Waals surface area contributed by atoms with E-state index < -0.39 is 19.9 Å². The Bertz CT molecular complexity index is 947. The van der Waals surface area contributed by atoms with Gasteiger partial charge in [0, 0.05) is 11.5 Å². The molecule has 1 unspecified atom stereocenters. The summed E-state index contributed by atoms with van der Waals surface area (Å²) in [6, 6.07) is 3.49. The number of hydrogen-bond acceptors (Lipinski definition) is 5. The van der Waals surface area contributed by atoms with Crippen molar-refractivity contribution >= 4 is 13.8 Å². The highest BCUT2D eigenvalue weighted by Gasteiger charge is 2.34. The third kappa shape index (κ3) is 8.09. The molecule has 0 aliphatic heterocycles. The van der Waals surface area contributed by atoms with E-state index in [4.69, 9.17) is 9.26 Å². The summed E-state index contributed by atoms with van der Waals surface area (Å²) in [5.74, 6) is -0.808. The summed E-state index contributed by atoms with van der Waals surface area (Å²) in [5.41, 5.74) is 3.49. The zero-order chi connectivity index (χ0) is 25.5. The number of unbranched alkanes of at least 4 members (excludes halogenated alkanes) is 2. The van der Waals surface area contributed by atoms with E-state index in [0.717, 1.165) is 43.2 Å². The molecule has 0 spiro atoms. The van der Waals surface area contributed by atoms with Crippen molar-refractivity contribution < 1.29 is 33.5 Å². The predicted molar refractivity (Wildman–Crippen MR) is 133 cm³/mol. The zero-order valence-corrected chi connectivity index (χ0v) is 21.6. The van der Waals surface area contributed by atoms with Crippen LogP contribution < -0.4 is 4.74 Å². The van der Waals surface area contributed by atoms with Gasteiger partial charge in [0.25, 0.3) is 0 Å². The number of rotatable bonds is 12. The van der Waals surface area contributed by atoms with Gasteiger partial charge in [-0.1, -0.05) is 56.9 Å². The minimum Gasteiger partial charge on any atom is -0.507 e. The lowest BCUT2D eigenvalue weighted by Crippen LogP contribution is -2.29. The Morgan fingerprint density at radius 1 is 1.24 bits per heavy atom. The largest absolute Gasteiger partial charge is 0.507 e. The lowest BCUT2D eigenvalue weighted by molar-refractivity contribution is -0.143.